The number of carboxylic acid groups (broad SMARTS) is 1. The lowest BCUT2D eigenvalue weighted by atomic mass is 9.99. The molecule has 1 heterocycles. The molecule has 13 heavy (non-hydrogen) atoms. The molecule has 0 bridgehead atoms. The van der Waals surface area contributed by atoms with Gasteiger partial charge in [-0.1, -0.05) is 0 Å². The minimum atomic E-state index is -0.798. The Morgan fingerprint density at radius 1 is 1.77 bits per heavy atom. The highest BCUT2D eigenvalue weighted by Crippen LogP contribution is 2.16. The lowest BCUT2D eigenvalue weighted by molar-refractivity contribution is -0.137. The maximum Gasteiger partial charge on any atom is 0.303 e. The molecule has 0 saturated heterocycles. The van der Waals surface area contributed by atoms with Crippen LogP contribution in [0.1, 0.15) is 25.7 Å². The fourth-order valence-electron chi connectivity index (χ4n) is 1.32. The summed E-state index contributed by atoms with van der Waals surface area (Å²) in [7, 11) is 0. The summed E-state index contributed by atoms with van der Waals surface area (Å²) in [6.45, 7) is 0.745. The lowest BCUT2D eigenvalue weighted by Gasteiger charge is -2.18. The Bertz CT molecular complexity index is 213. The van der Waals surface area contributed by atoms with E-state index < -0.39 is 5.97 Å². The van der Waals surface area contributed by atoms with Crippen molar-refractivity contribution in [1.29, 1.82) is 0 Å². The van der Waals surface area contributed by atoms with Gasteiger partial charge in [-0.3, -0.25) is 4.79 Å². The van der Waals surface area contributed by atoms with Crippen LogP contribution in [0.4, 0.5) is 0 Å². The topological polar surface area (TPSA) is 72.6 Å². The zero-order valence-corrected chi connectivity index (χ0v) is 7.53. The smallest absolute Gasteiger partial charge is 0.303 e. The zero-order valence-electron chi connectivity index (χ0n) is 7.53. The number of hydrogen-bond donors (Lipinski definition) is 2. The normalized spacial score (nSPS) is 18.7. The molecule has 0 aromatic rings. The van der Waals surface area contributed by atoms with Crippen molar-refractivity contribution in [2.75, 3.05) is 6.61 Å². The van der Waals surface area contributed by atoms with Crippen LogP contribution in [0, 0.1) is 0 Å². The van der Waals surface area contributed by atoms with Crippen molar-refractivity contribution in [3.05, 3.63) is 11.8 Å². The van der Waals surface area contributed by atoms with Crippen LogP contribution in [-0.2, 0) is 9.53 Å². The number of aliphatic carboxylic acids is 1. The van der Waals surface area contributed by atoms with E-state index >= 15 is 0 Å². The Balaban J connectivity index is 2.33. The van der Waals surface area contributed by atoms with E-state index in [2.05, 4.69) is 0 Å². The second-order valence-corrected chi connectivity index (χ2v) is 3.21. The highest BCUT2D eigenvalue weighted by atomic mass is 16.5. The predicted octanol–water partition coefficient (Wildman–Crippen LogP) is 0.873. The standard InChI is InChI=1S/C9H15NO3/c10-8(3-4-9(11)12)7-2-1-5-13-6-7/h6,8H,1-5,10H2,(H,11,12). The molecule has 0 spiro atoms. The highest BCUT2D eigenvalue weighted by molar-refractivity contribution is 5.66. The third kappa shape index (κ3) is 3.46. The Morgan fingerprint density at radius 2 is 2.54 bits per heavy atom. The van der Waals surface area contributed by atoms with Crippen LogP contribution in [0.25, 0.3) is 0 Å². The second kappa shape index (κ2) is 4.87. The minimum Gasteiger partial charge on any atom is -0.501 e. The first kappa shape index (κ1) is 10.1. The number of ether oxygens (including phenoxy) is 1. The van der Waals surface area contributed by atoms with Crippen LogP contribution >= 0.6 is 0 Å². The molecular weight excluding hydrogens is 170 g/mol. The van der Waals surface area contributed by atoms with Gasteiger partial charge >= 0.3 is 5.97 Å². The van der Waals surface area contributed by atoms with Crippen LogP contribution < -0.4 is 5.73 Å². The third-order valence-electron chi connectivity index (χ3n) is 2.11. The average Bonchev–Trinajstić information content (AvgIpc) is 2.15. The molecule has 0 aliphatic carbocycles. The van der Waals surface area contributed by atoms with Crippen molar-refractivity contribution in [3.63, 3.8) is 0 Å². The van der Waals surface area contributed by atoms with Crippen LogP contribution in [0.15, 0.2) is 11.8 Å². The van der Waals surface area contributed by atoms with Crippen molar-refractivity contribution in [2.45, 2.75) is 31.7 Å². The second-order valence-electron chi connectivity index (χ2n) is 3.21. The van der Waals surface area contributed by atoms with E-state index in [-0.39, 0.29) is 12.5 Å². The van der Waals surface area contributed by atoms with E-state index in [1.165, 1.54) is 0 Å². The molecular formula is C9H15NO3. The van der Waals surface area contributed by atoms with E-state index in [1.54, 1.807) is 6.26 Å². The van der Waals surface area contributed by atoms with E-state index in [4.69, 9.17) is 15.6 Å². The maximum absolute atomic E-state index is 10.3. The summed E-state index contributed by atoms with van der Waals surface area (Å²) in [6.07, 6.45) is 4.20. The maximum atomic E-state index is 10.3. The molecule has 3 N–H and O–H groups in total. The number of carbonyl (C=O) groups is 1. The van der Waals surface area contributed by atoms with Crippen LogP contribution in [0.2, 0.25) is 0 Å². The van der Waals surface area contributed by atoms with Crippen LogP contribution in [0.3, 0.4) is 0 Å². The monoisotopic (exact) mass is 185 g/mol. The van der Waals surface area contributed by atoms with Crippen molar-refractivity contribution in [3.8, 4) is 0 Å². The number of carboxylic acids is 1. The summed E-state index contributed by atoms with van der Waals surface area (Å²) in [4.78, 5) is 10.3. The predicted molar refractivity (Wildman–Crippen MR) is 48.1 cm³/mol. The summed E-state index contributed by atoms with van der Waals surface area (Å²) in [5.74, 6) is -0.798. The Morgan fingerprint density at radius 3 is 3.08 bits per heavy atom. The van der Waals surface area contributed by atoms with Gasteiger partial charge in [-0.15, -0.1) is 0 Å². The van der Waals surface area contributed by atoms with Crippen molar-refractivity contribution in [1.82, 2.24) is 0 Å². The quantitative estimate of drug-likeness (QED) is 0.681. The van der Waals surface area contributed by atoms with Gasteiger partial charge in [0.25, 0.3) is 0 Å². The largest absolute Gasteiger partial charge is 0.501 e. The van der Waals surface area contributed by atoms with Crippen LogP contribution in [-0.4, -0.2) is 23.7 Å². The number of nitrogens with two attached hydrogens (primary N) is 1. The van der Waals surface area contributed by atoms with Gasteiger partial charge in [0.15, 0.2) is 0 Å². The summed E-state index contributed by atoms with van der Waals surface area (Å²) in [5, 5.41) is 8.45. The van der Waals surface area contributed by atoms with Crippen LogP contribution in [0.5, 0.6) is 0 Å². The van der Waals surface area contributed by atoms with Crippen molar-refractivity contribution < 1.29 is 14.6 Å². The fraction of sp³-hybridized carbons (Fsp3) is 0.667. The van der Waals surface area contributed by atoms with Crippen molar-refractivity contribution in [2.24, 2.45) is 5.73 Å². The molecule has 1 aliphatic rings. The SMILES string of the molecule is NC(CCC(=O)O)C1=COCCC1. The first-order valence-corrected chi connectivity index (χ1v) is 4.48. The molecule has 74 valence electrons. The number of rotatable bonds is 4. The molecule has 1 rings (SSSR count). The van der Waals surface area contributed by atoms with E-state index in [9.17, 15) is 4.79 Å². The molecule has 4 heteroatoms. The van der Waals surface area contributed by atoms with Gasteiger partial charge in [0.05, 0.1) is 12.9 Å². The van der Waals surface area contributed by atoms with Gasteiger partial charge in [-0.25, -0.2) is 0 Å². The van der Waals surface area contributed by atoms with Gasteiger partial charge < -0.3 is 15.6 Å². The molecule has 0 saturated carbocycles. The molecule has 4 nitrogen and oxygen atoms in total. The summed E-state index contributed by atoms with van der Waals surface area (Å²) in [6, 6.07) is -0.156. The molecule has 0 aromatic carbocycles. The van der Waals surface area contributed by atoms with E-state index in [1.807, 2.05) is 0 Å². The Kier molecular flexibility index (Phi) is 3.76. The van der Waals surface area contributed by atoms with Gasteiger partial charge in [0, 0.05) is 12.5 Å². The first-order valence-electron chi connectivity index (χ1n) is 4.48. The molecule has 1 unspecified atom stereocenters. The molecule has 0 aromatic heterocycles. The summed E-state index contributed by atoms with van der Waals surface area (Å²) < 4.78 is 5.12. The highest BCUT2D eigenvalue weighted by Gasteiger charge is 2.13. The van der Waals surface area contributed by atoms with Crippen molar-refractivity contribution >= 4 is 5.97 Å². The Labute approximate surface area is 77.4 Å². The molecule has 0 fully saturated rings. The van der Waals surface area contributed by atoms with E-state index in [0.29, 0.717) is 6.42 Å². The van der Waals surface area contributed by atoms with Gasteiger partial charge in [-0.05, 0) is 24.8 Å². The molecule has 1 atom stereocenters. The molecule has 0 amide bonds. The average molecular weight is 185 g/mol. The van der Waals surface area contributed by atoms with E-state index in [0.717, 1.165) is 25.0 Å². The molecule has 0 radical (unpaired) electrons. The zero-order chi connectivity index (χ0) is 9.68. The van der Waals surface area contributed by atoms with Gasteiger partial charge in [-0.2, -0.15) is 0 Å². The van der Waals surface area contributed by atoms with Gasteiger partial charge in [0.1, 0.15) is 0 Å². The first-order chi connectivity index (χ1) is 6.20. The Hall–Kier alpha value is -1.03. The minimum absolute atomic E-state index is 0.124. The summed E-state index contributed by atoms with van der Waals surface area (Å²) in [5.41, 5.74) is 6.82. The number of hydrogen-bond acceptors (Lipinski definition) is 3. The summed E-state index contributed by atoms with van der Waals surface area (Å²) >= 11 is 0. The lowest BCUT2D eigenvalue weighted by Crippen LogP contribution is -2.25. The third-order valence-corrected chi connectivity index (χ3v) is 2.11. The molecule has 1 aliphatic heterocycles. The van der Waals surface area contributed by atoms with Gasteiger partial charge in [0.2, 0.25) is 0 Å². The fourth-order valence-corrected chi connectivity index (χ4v) is 1.32.